The molecule has 0 aromatic carbocycles. The largest absolute Gasteiger partial charge is 0.397 e. The third-order valence-corrected chi connectivity index (χ3v) is 7.27. The Morgan fingerprint density at radius 3 is 2.75 bits per heavy atom. The molecule has 150 valence electrons. The maximum Gasteiger partial charge on any atom is 0.263 e. The molecule has 2 aromatic heterocycles. The van der Waals surface area contributed by atoms with Gasteiger partial charge in [-0.1, -0.05) is 19.3 Å². The lowest BCUT2D eigenvalue weighted by Gasteiger charge is -2.28. The number of anilines is 1. The van der Waals surface area contributed by atoms with E-state index in [-0.39, 0.29) is 17.9 Å². The van der Waals surface area contributed by atoms with Crippen molar-refractivity contribution in [1.29, 1.82) is 0 Å². The number of rotatable bonds is 4. The van der Waals surface area contributed by atoms with Crippen molar-refractivity contribution in [1.82, 2.24) is 15.2 Å². The van der Waals surface area contributed by atoms with Gasteiger partial charge in [0.05, 0.1) is 17.4 Å². The van der Waals surface area contributed by atoms with Crippen LogP contribution in [0.1, 0.15) is 72.8 Å². The summed E-state index contributed by atoms with van der Waals surface area (Å²) >= 11 is 1.32. The molecule has 0 radical (unpaired) electrons. The molecule has 1 saturated carbocycles. The van der Waals surface area contributed by atoms with Crippen LogP contribution in [0.2, 0.25) is 0 Å². The first-order valence-corrected chi connectivity index (χ1v) is 11.1. The van der Waals surface area contributed by atoms with E-state index in [9.17, 15) is 9.59 Å². The first kappa shape index (κ1) is 19.2. The van der Waals surface area contributed by atoms with Crippen molar-refractivity contribution in [3.05, 3.63) is 22.7 Å². The average molecular weight is 401 g/mol. The van der Waals surface area contributed by atoms with Crippen molar-refractivity contribution >= 4 is 39.1 Å². The number of nitrogen functional groups attached to an aromatic ring is 1. The summed E-state index contributed by atoms with van der Waals surface area (Å²) in [6, 6.07) is 3.95. The minimum Gasteiger partial charge on any atom is -0.397 e. The minimum absolute atomic E-state index is 0.0345. The highest BCUT2D eigenvalue weighted by molar-refractivity contribution is 7.21. The fourth-order valence-electron chi connectivity index (χ4n) is 4.61. The zero-order chi connectivity index (χ0) is 19.7. The van der Waals surface area contributed by atoms with Gasteiger partial charge in [-0.15, -0.1) is 11.3 Å². The molecule has 1 aliphatic carbocycles. The maximum absolute atomic E-state index is 13.0. The molecule has 1 atom stereocenters. The van der Waals surface area contributed by atoms with Crippen molar-refractivity contribution < 1.29 is 9.59 Å². The van der Waals surface area contributed by atoms with E-state index in [4.69, 9.17) is 10.7 Å². The lowest BCUT2D eigenvalue weighted by molar-refractivity contribution is -0.133. The molecular formula is C21H28N4O2S. The van der Waals surface area contributed by atoms with Gasteiger partial charge < -0.3 is 16.0 Å². The molecule has 2 aromatic rings. The fourth-order valence-corrected chi connectivity index (χ4v) is 5.65. The summed E-state index contributed by atoms with van der Waals surface area (Å²) in [6.07, 6.45) is 8.82. The van der Waals surface area contributed by atoms with Gasteiger partial charge in [-0.25, -0.2) is 4.98 Å². The quantitative estimate of drug-likeness (QED) is 0.815. The van der Waals surface area contributed by atoms with E-state index in [0.717, 1.165) is 35.3 Å². The van der Waals surface area contributed by atoms with Crippen LogP contribution in [-0.2, 0) is 4.79 Å². The van der Waals surface area contributed by atoms with Crippen molar-refractivity contribution in [2.24, 2.45) is 5.92 Å². The SMILES string of the molecule is CNC(=O)c1sc2nc([C@@H]3CCCN3C(=O)CC3CCCCC3)ccc2c1N. The van der Waals surface area contributed by atoms with Gasteiger partial charge >= 0.3 is 0 Å². The second kappa shape index (κ2) is 8.07. The van der Waals surface area contributed by atoms with E-state index in [0.29, 0.717) is 22.9 Å². The Balaban J connectivity index is 1.55. The van der Waals surface area contributed by atoms with Gasteiger partial charge in [-0.3, -0.25) is 9.59 Å². The van der Waals surface area contributed by atoms with Crippen molar-refractivity contribution in [2.75, 3.05) is 19.3 Å². The van der Waals surface area contributed by atoms with Gasteiger partial charge in [-0.2, -0.15) is 0 Å². The van der Waals surface area contributed by atoms with Crippen LogP contribution in [0, 0.1) is 5.92 Å². The summed E-state index contributed by atoms with van der Waals surface area (Å²) in [5, 5.41) is 3.43. The number of carbonyl (C=O) groups is 2. The van der Waals surface area contributed by atoms with Gasteiger partial charge in [0.25, 0.3) is 5.91 Å². The predicted octanol–water partition coefficient (Wildman–Crippen LogP) is 3.87. The number of amides is 2. The van der Waals surface area contributed by atoms with Crippen molar-refractivity contribution in [3.8, 4) is 0 Å². The van der Waals surface area contributed by atoms with Crippen LogP contribution in [0.25, 0.3) is 10.2 Å². The highest BCUT2D eigenvalue weighted by Crippen LogP contribution is 2.37. The number of pyridine rings is 1. The number of nitrogens with zero attached hydrogens (tertiary/aromatic N) is 2. The molecule has 6 nitrogen and oxygen atoms in total. The molecule has 7 heteroatoms. The number of hydrogen-bond donors (Lipinski definition) is 2. The predicted molar refractivity (Wildman–Crippen MR) is 112 cm³/mol. The number of fused-ring (bicyclic) bond motifs is 1. The Morgan fingerprint density at radius 1 is 1.21 bits per heavy atom. The van der Waals surface area contributed by atoms with E-state index in [2.05, 4.69) is 5.32 Å². The van der Waals surface area contributed by atoms with Crippen LogP contribution in [0.15, 0.2) is 12.1 Å². The van der Waals surface area contributed by atoms with Crippen LogP contribution in [0.5, 0.6) is 0 Å². The smallest absolute Gasteiger partial charge is 0.263 e. The molecule has 2 amide bonds. The molecule has 3 N–H and O–H groups in total. The Kier molecular flexibility index (Phi) is 5.53. The molecule has 3 heterocycles. The van der Waals surface area contributed by atoms with E-state index in [1.165, 1.54) is 43.4 Å². The summed E-state index contributed by atoms with van der Waals surface area (Å²) < 4.78 is 0. The van der Waals surface area contributed by atoms with Crippen molar-refractivity contribution in [2.45, 2.75) is 57.4 Å². The number of nitrogens with one attached hydrogen (secondary N) is 1. The molecule has 0 bridgehead atoms. The standard InChI is InChI=1S/C21H28N4O2S/c1-23-20(27)19-18(22)14-9-10-15(24-21(14)28-19)16-8-5-11-25(16)17(26)12-13-6-3-2-4-7-13/h9-10,13,16H,2-8,11-12,22H2,1H3,(H,23,27)/t16-/m0/s1. The molecule has 4 rings (SSSR count). The molecular weight excluding hydrogens is 372 g/mol. The molecule has 1 aliphatic heterocycles. The summed E-state index contributed by atoms with van der Waals surface area (Å²) in [5.74, 6) is 0.630. The molecule has 2 fully saturated rings. The maximum atomic E-state index is 13.0. The monoisotopic (exact) mass is 400 g/mol. The summed E-state index contributed by atoms with van der Waals surface area (Å²) in [5.41, 5.74) is 7.53. The van der Waals surface area contributed by atoms with Crippen LogP contribution in [-0.4, -0.2) is 35.3 Å². The number of carbonyl (C=O) groups excluding carboxylic acids is 2. The topological polar surface area (TPSA) is 88.3 Å². The zero-order valence-electron chi connectivity index (χ0n) is 16.4. The molecule has 2 aliphatic rings. The lowest BCUT2D eigenvalue weighted by Crippen LogP contribution is -2.32. The first-order valence-electron chi connectivity index (χ1n) is 10.3. The molecule has 1 saturated heterocycles. The minimum atomic E-state index is -0.188. The van der Waals surface area contributed by atoms with Gasteiger partial charge in [0, 0.05) is 25.4 Å². The van der Waals surface area contributed by atoms with Crippen molar-refractivity contribution in [3.63, 3.8) is 0 Å². The number of nitrogens with two attached hydrogens (primary N) is 1. The number of thiophene rings is 1. The van der Waals surface area contributed by atoms with Gasteiger partial charge in [0.1, 0.15) is 9.71 Å². The van der Waals surface area contributed by atoms with Gasteiger partial charge in [0.2, 0.25) is 5.91 Å². The lowest BCUT2D eigenvalue weighted by atomic mass is 9.86. The van der Waals surface area contributed by atoms with Crippen LogP contribution in [0.4, 0.5) is 5.69 Å². The average Bonchev–Trinajstić information content (AvgIpc) is 3.33. The molecule has 28 heavy (non-hydrogen) atoms. The molecule has 0 spiro atoms. The molecule has 0 unspecified atom stereocenters. The van der Waals surface area contributed by atoms with E-state index < -0.39 is 0 Å². The highest BCUT2D eigenvalue weighted by Gasteiger charge is 2.32. The second-order valence-electron chi connectivity index (χ2n) is 7.97. The highest BCUT2D eigenvalue weighted by atomic mass is 32.1. The first-order chi connectivity index (χ1) is 13.6. The zero-order valence-corrected chi connectivity index (χ0v) is 17.2. The summed E-state index contributed by atoms with van der Waals surface area (Å²) in [7, 11) is 1.60. The third kappa shape index (κ3) is 3.60. The summed E-state index contributed by atoms with van der Waals surface area (Å²) in [6.45, 7) is 0.812. The Hall–Kier alpha value is -2.15. The van der Waals surface area contributed by atoms with E-state index >= 15 is 0 Å². The number of hydrogen-bond acceptors (Lipinski definition) is 5. The normalized spacial score (nSPS) is 20.6. The van der Waals surface area contributed by atoms with Crippen LogP contribution in [0.3, 0.4) is 0 Å². The Labute approximate surface area is 169 Å². The Morgan fingerprint density at radius 2 is 2.00 bits per heavy atom. The second-order valence-corrected chi connectivity index (χ2v) is 8.97. The van der Waals surface area contributed by atoms with E-state index in [1.807, 2.05) is 17.0 Å². The van der Waals surface area contributed by atoms with E-state index in [1.54, 1.807) is 7.05 Å². The number of aromatic nitrogens is 1. The van der Waals surface area contributed by atoms with Gasteiger partial charge in [-0.05, 0) is 43.7 Å². The van der Waals surface area contributed by atoms with Crippen LogP contribution < -0.4 is 11.1 Å². The fraction of sp³-hybridized carbons (Fsp3) is 0.571. The number of likely N-dealkylation sites (tertiary alicyclic amines) is 1. The van der Waals surface area contributed by atoms with Crippen LogP contribution >= 0.6 is 11.3 Å². The van der Waals surface area contributed by atoms with Gasteiger partial charge in [0.15, 0.2) is 0 Å². The summed E-state index contributed by atoms with van der Waals surface area (Å²) in [4.78, 5) is 33.1. The Bertz CT molecular complexity index is 888. The third-order valence-electron chi connectivity index (χ3n) is 6.15.